The normalized spacial score (nSPS) is 14.7. The van der Waals surface area contributed by atoms with Gasteiger partial charge < -0.3 is 10.1 Å². The van der Waals surface area contributed by atoms with Crippen molar-refractivity contribution >= 4 is 33.2 Å². The molecule has 0 bridgehead atoms. The van der Waals surface area contributed by atoms with Gasteiger partial charge in [0.15, 0.2) is 0 Å². The number of aryl methyl sites for hydroxylation is 2. The number of nitrogens with zero attached hydrogens (tertiary/aromatic N) is 1. The second-order valence-corrected chi connectivity index (χ2v) is 9.44. The first-order chi connectivity index (χ1) is 13.8. The Balaban J connectivity index is 1.63. The van der Waals surface area contributed by atoms with Gasteiger partial charge in [0.2, 0.25) is 15.9 Å². The fourth-order valence-corrected chi connectivity index (χ4v) is 5.36. The van der Waals surface area contributed by atoms with Crippen LogP contribution in [-0.2, 0) is 14.8 Å². The molecule has 0 aromatic heterocycles. The molecule has 1 aliphatic heterocycles. The minimum Gasteiger partial charge on any atom is -0.493 e. The van der Waals surface area contributed by atoms with Crippen molar-refractivity contribution < 1.29 is 17.9 Å². The van der Waals surface area contributed by atoms with E-state index < -0.39 is 10.0 Å². The standard InChI is InChI=1S/C21H25ClN2O4S/c1-15-6-5-7-16(2)21(15)28-13-10-20(25)23-17-8-9-18(22)19(14-17)29(26,27)24-11-3-4-12-24/h5-9,14H,3-4,10-13H2,1-2H3,(H,23,25). The van der Waals surface area contributed by atoms with Crippen LogP contribution in [0, 0.1) is 13.8 Å². The Morgan fingerprint density at radius 2 is 1.79 bits per heavy atom. The Hall–Kier alpha value is -2.09. The molecule has 0 saturated carbocycles. The zero-order chi connectivity index (χ0) is 21.0. The van der Waals surface area contributed by atoms with Crippen LogP contribution in [0.1, 0.15) is 30.4 Å². The third-order valence-electron chi connectivity index (χ3n) is 4.88. The van der Waals surface area contributed by atoms with Gasteiger partial charge in [-0.2, -0.15) is 4.31 Å². The minimum atomic E-state index is -3.66. The summed E-state index contributed by atoms with van der Waals surface area (Å²) in [6.45, 7) is 5.12. The van der Waals surface area contributed by atoms with Crippen molar-refractivity contribution in [1.29, 1.82) is 0 Å². The van der Waals surface area contributed by atoms with E-state index in [9.17, 15) is 13.2 Å². The Bertz CT molecular complexity index is 981. The van der Waals surface area contributed by atoms with Crippen LogP contribution in [0.2, 0.25) is 5.02 Å². The van der Waals surface area contributed by atoms with E-state index in [1.807, 2.05) is 32.0 Å². The molecule has 0 unspecified atom stereocenters. The highest BCUT2D eigenvalue weighted by molar-refractivity contribution is 7.89. The number of hydrogen-bond donors (Lipinski definition) is 1. The molecular weight excluding hydrogens is 412 g/mol. The Morgan fingerprint density at radius 1 is 1.14 bits per heavy atom. The van der Waals surface area contributed by atoms with Gasteiger partial charge in [-0.25, -0.2) is 8.42 Å². The maximum atomic E-state index is 12.8. The zero-order valence-electron chi connectivity index (χ0n) is 16.6. The Morgan fingerprint density at radius 3 is 2.45 bits per heavy atom. The van der Waals surface area contributed by atoms with Gasteiger partial charge in [0, 0.05) is 18.8 Å². The topological polar surface area (TPSA) is 75.7 Å². The molecule has 0 radical (unpaired) electrons. The molecule has 0 spiro atoms. The van der Waals surface area contributed by atoms with E-state index in [2.05, 4.69) is 5.32 Å². The number of hydrogen-bond acceptors (Lipinski definition) is 4. The van der Waals surface area contributed by atoms with Gasteiger partial charge in [-0.05, 0) is 56.0 Å². The van der Waals surface area contributed by atoms with Crippen LogP contribution >= 0.6 is 11.6 Å². The summed E-state index contributed by atoms with van der Waals surface area (Å²) in [7, 11) is -3.66. The van der Waals surface area contributed by atoms with Crippen LogP contribution in [0.15, 0.2) is 41.3 Å². The van der Waals surface area contributed by atoms with Gasteiger partial charge >= 0.3 is 0 Å². The van der Waals surface area contributed by atoms with Crippen LogP contribution in [-0.4, -0.2) is 38.3 Å². The third-order valence-corrected chi connectivity index (χ3v) is 7.26. The fourth-order valence-electron chi connectivity index (χ4n) is 3.34. The number of amides is 1. The summed E-state index contributed by atoms with van der Waals surface area (Å²) in [6, 6.07) is 10.4. The van der Waals surface area contributed by atoms with Crippen molar-refractivity contribution in [3.63, 3.8) is 0 Å². The number of halogens is 1. The number of anilines is 1. The molecule has 6 nitrogen and oxygen atoms in total. The van der Waals surface area contributed by atoms with Crippen molar-refractivity contribution in [3.05, 3.63) is 52.5 Å². The molecule has 29 heavy (non-hydrogen) atoms. The van der Waals surface area contributed by atoms with Gasteiger partial charge in [-0.1, -0.05) is 29.8 Å². The van der Waals surface area contributed by atoms with Gasteiger partial charge in [-0.3, -0.25) is 4.79 Å². The summed E-state index contributed by atoms with van der Waals surface area (Å²) in [4.78, 5) is 12.3. The van der Waals surface area contributed by atoms with E-state index in [1.165, 1.54) is 16.4 Å². The smallest absolute Gasteiger partial charge is 0.244 e. The highest BCUT2D eigenvalue weighted by Crippen LogP contribution is 2.29. The predicted molar refractivity (Wildman–Crippen MR) is 114 cm³/mol. The maximum absolute atomic E-state index is 12.8. The molecule has 1 saturated heterocycles. The maximum Gasteiger partial charge on any atom is 0.244 e. The monoisotopic (exact) mass is 436 g/mol. The van der Waals surface area contributed by atoms with E-state index in [-0.39, 0.29) is 28.9 Å². The number of carbonyl (C=O) groups is 1. The van der Waals surface area contributed by atoms with Crippen molar-refractivity contribution in [3.8, 4) is 5.75 Å². The zero-order valence-corrected chi connectivity index (χ0v) is 18.1. The van der Waals surface area contributed by atoms with Crippen molar-refractivity contribution in [2.75, 3.05) is 25.0 Å². The van der Waals surface area contributed by atoms with E-state index >= 15 is 0 Å². The van der Waals surface area contributed by atoms with Crippen LogP contribution < -0.4 is 10.1 Å². The van der Waals surface area contributed by atoms with Crippen LogP contribution in [0.4, 0.5) is 5.69 Å². The Kier molecular flexibility index (Phi) is 6.82. The van der Waals surface area contributed by atoms with Crippen LogP contribution in [0.5, 0.6) is 5.75 Å². The predicted octanol–water partition coefficient (Wildman–Crippen LogP) is 4.15. The van der Waals surface area contributed by atoms with Gasteiger partial charge in [-0.15, -0.1) is 0 Å². The number of nitrogens with one attached hydrogen (secondary N) is 1. The van der Waals surface area contributed by atoms with E-state index in [0.717, 1.165) is 29.7 Å². The summed E-state index contributed by atoms with van der Waals surface area (Å²) >= 11 is 6.14. The number of sulfonamides is 1. The summed E-state index contributed by atoms with van der Waals surface area (Å²) in [6.07, 6.45) is 1.83. The molecule has 0 aliphatic carbocycles. The molecule has 1 heterocycles. The molecule has 0 atom stereocenters. The lowest BCUT2D eigenvalue weighted by Crippen LogP contribution is -2.28. The molecule has 8 heteroatoms. The van der Waals surface area contributed by atoms with Crippen LogP contribution in [0.3, 0.4) is 0 Å². The molecule has 1 amide bonds. The van der Waals surface area contributed by atoms with Crippen LogP contribution in [0.25, 0.3) is 0 Å². The number of para-hydroxylation sites is 1. The van der Waals surface area contributed by atoms with Gasteiger partial charge in [0.25, 0.3) is 0 Å². The molecule has 2 aromatic rings. The highest BCUT2D eigenvalue weighted by Gasteiger charge is 2.29. The second kappa shape index (κ2) is 9.15. The lowest BCUT2D eigenvalue weighted by atomic mass is 10.1. The summed E-state index contributed by atoms with van der Waals surface area (Å²) < 4.78 is 32.8. The van der Waals surface area contributed by atoms with E-state index in [4.69, 9.17) is 16.3 Å². The lowest BCUT2D eigenvalue weighted by molar-refractivity contribution is -0.116. The van der Waals surface area contributed by atoms with Crippen molar-refractivity contribution in [1.82, 2.24) is 4.31 Å². The molecular formula is C21H25ClN2O4S. The summed E-state index contributed by atoms with van der Waals surface area (Å²) in [5.41, 5.74) is 2.42. The van der Waals surface area contributed by atoms with Gasteiger partial charge in [0.05, 0.1) is 18.1 Å². The average Bonchev–Trinajstić information content (AvgIpc) is 3.21. The first-order valence-electron chi connectivity index (χ1n) is 9.57. The fraction of sp³-hybridized carbons (Fsp3) is 0.381. The molecule has 3 rings (SSSR count). The lowest BCUT2D eigenvalue weighted by Gasteiger charge is -2.17. The van der Waals surface area contributed by atoms with Crippen molar-refractivity contribution in [2.24, 2.45) is 0 Å². The minimum absolute atomic E-state index is 0.0191. The number of rotatable bonds is 7. The molecule has 1 fully saturated rings. The van der Waals surface area contributed by atoms with Crippen molar-refractivity contribution in [2.45, 2.75) is 38.0 Å². The third kappa shape index (κ3) is 5.10. The average molecular weight is 437 g/mol. The largest absolute Gasteiger partial charge is 0.493 e. The number of carbonyl (C=O) groups excluding carboxylic acids is 1. The van der Waals surface area contributed by atoms with E-state index in [0.29, 0.717) is 18.8 Å². The Labute approximate surface area is 176 Å². The summed E-state index contributed by atoms with van der Waals surface area (Å²) in [5, 5.41) is 2.87. The highest BCUT2D eigenvalue weighted by atomic mass is 35.5. The summed E-state index contributed by atoms with van der Waals surface area (Å²) in [5.74, 6) is 0.522. The number of ether oxygens (including phenoxy) is 1. The molecule has 2 aromatic carbocycles. The second-order valence-electron chi connectivity index (χ2n) is 7.12. The first kappa shape index (κ1) is 21.6. The quantitative estimate of drug-likeness (QED) is 0.707. The molecule has 156 valence electrons. The van der Waals surface area contributed by atoms with Gasteiger partial charge in [0.1, 0.15) is 10.6 Å². The number of benzene rings is 2. The molecule has 1 aliphatic rings. The first-order valence-corrected chi connectivity index (χ1v) is 11.4. The SMILES string of the molecule is Cc1cccc(C)c1OCCC(=O)Nc1ccc(Cl)c(S(=O)(=O)N2CCCC2)c1. The van der Waals surface area contributed by atoms with E-state index in [1.54, 1.807) is 6.07 Å². The molecule has 1 N–H and O–H groups in total.